The molecule has 1 aliphatic rings. The van der Waals surface area contributed by atoms with Crippen molar-refractivity contribution in [1.29, 1.82) is 0 Å². The quantitative estimate of drug-likeness (QED) is 0.235. The maximum atomic E-state index is 11.3. The molecule has 1 aromatic rings. The van der Waals surface area contributed by atoms with Crippen LogP contribution < -0.4 is 5.73 Å². The Morgan fingerprint density at radius 2 is 2.05 bits per heavy atom. The highest BCUT2D eigenvalue weighted by Crippen LogP contribution is 2.37. The van der Waals surface area contributed by atoms with E-state index in [2.05, 4.69) is 0 Å². The standard InChI is InChI=1S/C10H10N2O6S/c11-9-7-3-4-10(12(14)15,19(16,17)18)5-6(7)1-2-8(9)13/h1-4,13H,5,11H2,(H,16,17,18). The average molecular weight is 286 g/mol. The molecule has 9 heteroatoms. The van der Waals surface area contributed by atoms with Crippen LogP contribution >= 0.6 is 0 Å². The molecule has 19 heavy (non-hydrogen) atoms. The van der Waals surface area contributed by atoms with E-state index in [1.165, 1.54) is 12.1 Å². The molecule has 0 amide bonds. The van der Waals surface area contributed by atoms with Crippen molar-refractivity contribution in [2.24, 2.45) is 0 Å². The number of anilines is 1. The first-order chi connectivity index (χ1) is 8.69. The molecule has 0 aliphatic heterocycles. The van der Waals surface area contributed by atoms with E-state index in [1.54, 1.807) is 0 Å². The number of aromatic hydroxyl groups is 1. The van der Waals surface area contributed by atoms with Gasteiger partial charge in [0.1, 0.15) is 5.75 Å². The minimum Gasteiger partial charge on any atom is -0.506 e. The van der Waals surface area contributed by atoms with Crippen LogP contribution in [0.2, 0.25) is 0 Å². The molecule has 0 heterocycles. The maximum absolute atomic E-state index is 11.3. The Labute approximate surface area is 108 Å². The molecule has 0 bridgehead atoms. The van der Waals surface area contributed by atoms with Crippen molar-refractivity contribution < 1.29 is 23.0 Å². The summed E-state index contributed by atoms with van der Waals surface area (Å²) in [5, 5.41) is 20.4. The van der Waals surface area contributed by atoms with Crippen LogP contribution in [0.5, 0.6) is 5.75 Å². The first kappa shape index (κ1) is 13.3. The van der Waals surface area contributed by atoms with E-state index in [1.807, 2.05) is 0 Å². The van der Waals surface area contributed by atoms with E-state index < -0.39 is 26.3 Å². The van der Waals surface area contributed by atoms with Crippen LogP contribution in [-0.2, 0) is 16.5 Å². The summed E-state index contributed by atoms with van der Waals surface area (Å²) in [5.41, 5.74) is 6.16. The zero-order valence-corrected chi connectivity index (χ0v) is 10.3. The fourth-order valence-corrected chi connectivity index (χ4v) is 2.73. The topological polar surface area (TPSA) is 144 Å². The summed E-state index contributed by atoms with van der Waals surface area (Å²) >= 11 is 0. The van der Waals surface area contributed by atoms with Crippen molar-refractivity contribution in [2.75, 3.05) is 5.73 Å². The van der Waals surface area contributed by atoms with Crippen LogP contribution in [0, 0.1) is 10.1 Å². The first-order valence-electron chi connectivity index (χ1n) is 5.10. The Hall–Kier alpha value is -2.13. The van der Waals surface area contributed by atoms with Crippen molar-refractivity contribution >= 4 is 21.9 Å². The zero-order valence-electron chi connectivity index (χ0n) is 9.48. The maximum Gasteiger partial charge on any atom is 0.365 e. The van der Waals surface area contributed by atoms with E-state index >= 15 is 0 Å². The lowest BCUT2D eigenvalue weighted by molar-refractivity contribution is -0.527. The second kappa shape index (κ2) is 3.93. The Balaban J connectivity index is 2.67. The summed E-state index contributed by atoms with van der Waals surface area (Å²) in [6.07, 6.45) is 1.32. The van der Waals surface area contributed by atoms with Gasteiger partial charge in [-0.3, -0.25) is 14.7 Å². The summed E-state index contributed by atoms with van der Waals surface area (Å²) in [6, 6.07) is 2.54. The van der Waals surface area contributed by atoms with E-state index in [9.17, 15) is 23.6 Å². The van der Waals surface area contributed by atoms with Gasteiger partial charge in [-0.15, -0.1) is 0 Å². The molecule has 4 N–H and O–H groups in total. The number of nitrogen functional groups attached to an aromatic ring is 1. The third-order valence-corrected chi connectivity index (χ3v) is 4.39. The van der Waals surface area contributed by atoms with Gasteiger partial charge in [-0.2, -0.15) is 8.42 Å². The zero-order chi connectivity index (χ0) is 14.4. The van der Waals surface area contributed by atoms with Crippen molar-refractivity contribution in [3.05, 3.63) is 39.4 Å². The SMILES string of the molecule is Nc1c(O)ccc2c1C=CC([N+](=O)[O-])(S(=O)(=O)O)C2. The van der Waals surface area contributed by atoms with Gasteiger partial charge in [0.15, 0.2) is 0 Å². The second-order valence-corrected chi connectivity index (χ2v) is 5.82. The molecular formula is C10H10N2O6S. The Morgan fingerprint density at radius 3 is 2.58 bits per heavy atom. The Morgan fingerprint density at radius 1 is 1.42 bits per heavy atom. The highest BCUT2D eigenvalue weighted by molar-refractivity contribution is 7.87. The number of benzene rings is 1. The summed E-state index contributed by atoms with van der Waals surface area (Å²) in [5.74, 6) is -0.205. The largest absolute Gasteiger partial charge is 0.506 e. The van der Waals surface area contributed by atoms with Crippen LogP contribution in [0.3, 0.4) is 0 Å². The van der Waals surface area contributed by atoms with Crippen LogP contribution in [0.4, 0.5) is 5.69 Å². The number of fused-ring (bicyclic) bond motifs is 1. The Bertz CT molecular complexity index is 696. The molecule has 8 nitrogen and oxygen atoms in total. The van der Waals surface area contributed by atoms with Crippen molar-refractivity contribution in [3.8, 4) is 5.75 Å². The molecule has 0 radical (unpaired) electrons. The summed E-state index contributed by atoms with van der Waals surface area (Å²) in [6.45, 7) is 0. The first-order valence-corrected chi connectivity index (χ1v) is 6.54. The van der Waals surface area contributed by atoms with Crippen molar-refractivity contribution in [1.82, 2.24) is 0 Å². The van der Waals surface area contributed by atoms with Crippen LogP contribution in [-0.4, -0.2) is 27.9 Å². The number of nitro groups is 1. The smallest absolute Gasteiger partial charge is 0.365 e. The molecule has 0 saturated carbocycles. The van der Waals surface area contributed by atoms with Gasteiger partial charge in [0.25, 0.3) is 0 Å². The minimum absolute atomic E-state index is 0.000959. The number of hydrogen-bond donors (Lipinski definition) is 3. The van der Waals surface area contributed by atoms with E-state index in [4.69, 9.17) is 10.3 Å². The number of nitrogens with two attached hydrogens (primary N) is 1. The monoisotopic (exact) mass is 286 g/mol. The fourth-order valence-electron chi connectivity index (χ4n) is 1.96. The third kappa shape index (κ3) is 1.83. The van der Waals surface area contributed by atoms with Gasteiger partial charge in [0.2, 0.25) is 0 Å². The predicted molar refractivity (Wildman–Crippen MR) is 66.5 cm³/mol. The lowest BCUT2D eigenvalue weighted by Gasteiger charge is -2.24. The number of rotatable bonds is 2. The molecule has 1 atom stereocenters. The molecule has 1 unspecified atom stereocenters. The summed E-state index contributed by atoms with van der Waals surface area (Å²) < 4.78 is 31.7. The van der Waals surface area contributed by atoms with Crippen molar-refractivity contribution in [2.45, 2.75) is 11.3 Å². The number of phenols is 1. The summed E-state index contributed by atoms with van der Waals surface area (Å²) in [7, 11) is -4.94. The molecule has 102 valence electrons. The highest BCUT2D eigenvalue weighted by atomic mass is 32.2. The van der Waals surface area contributed by atoms with E-state index in [0.717, 1.165) is 12.2 Å². The van der Waals surface area contributed by atoms with Crippen LogP contribution in [0.25, 0.3) is 6.08 Å². The lowest BCUT2D eigenvalue weighted by atomic mass is 9.92. The van der Waals surface area contributed by atoms with Gasteiger partial charge in [0, 0.05) is 16.6 Å². The molecule has 0 spiro atoms. The number of phenolic OH excluding ortho intramolecular Hbond substituents is 1. The van der Waals surface area contributed by atoms with Crippen LogP contribution in [0.15, 0.2) is 18.2 Å². The lowest BCUT2D eigenvalue weighted by Crippen LogP contribution is -2.47. The van der Waals surface area contributed by atoms with E-state index in [0.29, 0.717) is 5.56 Å². The van der Waals surface area contributed by atoms with Gasteiger partial charge in [-0.25, -0.2) is 0 Å². The van der Waals surface area contributed by atoms with Crippen LogP contribution in [0.1, 0.15) is 11.1 Å². The van der Waals surface area contributed by atoms with Gasteiger partial charge >= 0.3 is 15.0 Å². The van der Waals surface area contributed by atoms with Gasteiger partial charge in [-0.05, 0) is 17.7 Å². The number of hydrogen-bond acceptors (Lipinski definition) is 6. The Kier molecular flexibility index (Phi) is 2.75. The third-order valence-electron chi connectivity index (χ3n) is 3.06. The molecule has 2 rings (SSSR count). The average Bonchev–Trinajstić information content (AvgIpc) is 2.31. The molecular weight excluding hydrogens is 276 g/mol. The van der Waals surface area contributed by atoms with Gasteiger partial charge < -0.3 is 10.8 Å². The predicted octanol–water partition coefficient (Wildman–Crippen LogP) is 0.405. The minimum atomic E-state index is -4.94. The van der Waals surface area contributed by atoms with Gasteiger partial charge in [-0.1, -0.05) is 6.07 Å². The van der Waals surface area contributed by atoms with E-state index in [-0.39, 0.29) is 17.0 Å². The molecule has 0 saturated heterocycles. The molecule has 1 aliphatic carbocycles. The fraction of sp³-hybridized carbons (Fsp3) is 0.200. The summed E-state index contributed by atoms with van der Waals surface area (Å²) in [4.78, 5) is 7.33. The molecule has 1 aromatic carbocycles. The molecule has 0 aromatic heterocycles. The van der Waals surface area contributed by atoms with Crippen molar-refractivity contribution in [3.63, 3.8) is 0 Å². The normalized spacial score (nSPS) is 21.9. The second-order valence-electron chi connectivity index (χ2n) is 4.16. The molecule has 0 fully saturated rings. The highest BCUT2D eigenvalue weighted by Gasteiger charge is 2.55. The number of nitrogens with zero attached hydrogens (tertiary/aromatic N) is 1. The van der Waals surface area contributed by atoms with Gasteiger partial charge in [0.05, 0.1) is 12.1 Å².